The molecule has 0 aliphatic rings. The van der Waals surface area contributed by atoms with Gasteiger partial charge in [-0.1, -0.05) is 0 Å². The van der Waals surface area contributed by atoms with Gasteiger partial charge in [0.2, 0.25) is 7.26 Å². The predicted molar refractivity (Wildman–Crippen MR) is 148 cm³/mol. The Balaban J connectivity index is 2.73. The molecule has 0 saturated heterocycles. The molecule has 0 saturated carbocycles. The minimum Gasteiger partial charge on any atom is -0.497 e. The summed E-state index contributed by atoms with van der Waals surface area (Å²) in [6, 6.07) is 12.2. The van der Waals surface area contributed by atoms with Gasteiger partial charge in [-0.15, -0.1) is 0 Å². The Bertz CT molecular complexity index is 1190. The maximum atomic E-state index is 14.3. The third kappa shape index (κ3) is 4.74. The van der Waals surface area contributed by atoms with Crippen LogP contribution in [0.15, 0.2) is 42.5 Å². The lowest BCUT2D eigenvalue weighted by Gasteiger charge is -2.30. The van der Waals surface area contributed by atoms with E-state index in [0.717, 1.165) is 0 Å². The van der Waals surface area contributed by atoms with Gasteiger partial charge in [0, 0.05) is 37.3 Å². The van der Waals surface area contributed by atoms with Gasteiger partial charge < -0.3 is 37.9 Å². The van der Waals surface area contributed by atoms with Crippen LogP contribution in [0.5, 0.6) is 46.0 Å². The van der Waals surface area contributed by atoms with Crippen molar-refractivity contribution in [1.29, 1.82) is 0 Å². The molecule has 0 aliphatic heterocycles. The van der Waals surface area contributed by atoms with Crippen molar-refractivity contribution in [1.82, 2.24) is 0 Å². The van der Waals surface area contributed by atoms with E-state index in [2.05, 4.69) is 0 Å². The Kier molecular flexibility index (Phi) is 9.17. The van der Waals surface area contributed by atoms with E-state index in [-0.39, 0.29) is 5.52 Å². The lowest BCUT2D eigenvalue weighted by molar-refractivity contribution is -0.109. The van der Waals surface area contributed by atoms with E-state index in [0.29, 0.717) is 61.9 Å². The van der Waals surface area contributed by atoms with Crippen molar-refractivity contribution in [2.24, 2.45) is 0 Å². The second-order valence-corrected chi connectivity index (χ2v) is 11.3. The molecule has 0 heterocycles. The highest BCUT2D eigenvalue weighted by atomic mass is 31.2. The third-order valence-corrected chi connectivity index (χ3v) is 10.5. The zero-order chi connectivity index (χ0) is 28.0. The van der Waals surface area contributed by atoms with Crippen molar-refractivity contribution in [3.05, 3.63) is 42.5 Å². The first-order chi connectivity index (χ1) is 18.3. The molecule has 3 rings (SSSR count). The average Bonchev–Trinajstić information content (AvgIpc) is 2.96. The largest absolute Gasteiger partial charge is 0.497 e. The summed E-state index contributed by atoms with van der Waals surface area (Å²) in [6.07, 6.45) is 0. The van der Waals surface area contributed by atoms with Crippen LogP contribution in [0.3, 0.4) is 0 Å². The molecule has 0 unspecified atom stereocenters. The van der Waals surface area contributed by atoms with Crippen LogP contribution in [0.2, 0.25) is 0 Å². The average molecular weight is 546 g/mol. The van der Waals surface area contributed by atoms with Crippen molar-refractivity contribution in [3.8, 4) is 46.0 Å². The molecule has 204 valence electrons. The third-order valence-electron chi connectivity index (χ3n) is 6.27. The quantitative estimate of drug-likeness (QED) is 0.317. The molecule has 9 nitrogen and oxygen atoms in total. The molecule has 0 aromatic heterocycles. The van der Waals surface area contributed by atoms with E-state index in [4.69, 9.17) is 37.9 Å². The van der Waals surface area contributed by atoms with Crippen molar-refractivity contribution in [2.75, 3.05) is 56.9 Å². The van der Waals surface area contributed by atoms with Crippen LogP contribution in [-0.2, 0) is 4.79 Å². The monoisotopic (exact) mass is 545 g/mol. The Labute approximate surface area is 223 Å². The van der Waals surface area contributed by atoms with E-state index in [9.17, 15) is 4.79 Å². The summed E-state index contributed by atoms with van der Waals surface area (Å²) in [5.41, 5.74) is -0.176. The summed E-state index contributed by atoms with van der Waals surface area (Å²) >= 11 is 0. The molecule has 0 amide bonds. The zero-order valence-electron chi connectivity index (χ0n) is 23.2. The van der Waals surface area contributed by atoms with Crippen LogP contribution < -0.4 is 53.8 Å². The molecule has 3 aromatic rings. The lowest BCUT2D eigenvalue weighted by Crippen LogP contribution is -2.38. The Morgan fingerprint density at radius 1 is 0.500 bits per heavy atom. The molecular formula is C28H34O9P+. The Morgan fingerprint density at radius 3 is 1.13 bits per heavy atom. The molecule has 0 spiro atoms. The van der Waals surface area contributed by atoms with Gasteiger partial charge in [-0.05, 0) is 12.1 Å². The normalized spacial score (nSPS) is 10.9. The van der Waals surface area contributed by atoms with Gasteiger partial charge >= 0.3 is 0 Å². The highest BCUT2D eigenvalue weighted by Gasteiger charge is 2.60. The fraction of sp³-hybridized carbons (Fsp3) is 0.321. The molecule has 3 aromatic carbocycles. The number of carbonyl (C=O) groups is 1. The van der Waals surface area contributed by atoms with Gasteiger partial charge in [-0.2, -0.15) is 0 Å². The van der Waals surface area contributed by atoms with E-state index in [1.165, 1.54) is 42.5 Å². The number of ether oxygens (including phenoxy) is 8. The zero-order valence-corrected chi connectivity index (χ0v) is 24.1. The lowest BCUT2D eigenvalue weighted by atomic mass is 10.3. The minimum absolute atomic E-state index is 0.176. The first kappa shape index (κ1) is 28.7. The van der Waals surface area contributed by atoms with Crippen LogP contribution in [0, 0.1) is 0 Å². The summed E-state index contributed by atoms with van der Waals surface area (Å²) in [5.74, 6) is 3.57. The van der Waals surface area contributed by atoms with Crippen LogP contribution in [0.1, 0.15) is 6.92 Å². The highest BCUT2D eigenvalue weighted by molar-refractivity contribution is 8.08. The van der Waals surface area contributed by atoms with Gasteiger partial charge in [-0.25, -0.2) is 0 Å². The highest BCUT2D eigenvalue weighted by Crippen LogP contribution is 2.65. The molecule has 0 radical (unpaired) electrons. The van der Waals surface area contributed by atoms with Crippen LogP contribution in [0.25, 0.3) is 0 Å². The molecular weight excluding hydrogens is 511 g/mol. The van der Waals surface area contributed by atoms with Gasteiger partial charge in [0.1, 0.15) is 17.2 Å². The first-order valence-electron chi connectivity index (χ1n) is 11.5. The van der Waals surface area contributed by atoms with Gasteiger partial charge in [0.15, 0.2) is 44.7 Å². The number of hydrogen-bond acceptors (Lipinski definition) is 9. The molecule has 0 fully saturated rings. The van der Waals surface area contributed by atoms with Crippen molar-refractivity contribution >= 4 is 28.7 Å². The molecule has 0 atom stereocenters. The van der Waals surface area contributed by atoms with Gasteiger partial charge in [0.05, 0.1) is 56.9 Å². The summed E-state index contributed by atoms with van der Waals surface area (Å²) in [5, 5.41) is 1.62. The Morgan fingerprint density at radius 2 is 0.842 bits per heavy atom. The summed E-state index contributed by atoms with van der Waals surface area (Å²) in [6.45, 7) is 1.53. The standard InChI is InChI=1S/C28H34O9P/c1-17(29)38(26-11-10-18(30-2)12-21(26)33-5,27-22(34-6)13-19(31-3)14-23(27)35-7)28-24(36-8)15-20(32-4)16-25(28)37-9/h10-16H,1-9H3/q+1. The fourth-order valence-corrected chi connectivity index (χ4v) is 8.94. The maximum Gasteiger partial charge on any atom is 0.281 e. The molecule has 0 N–H and O–H groups in total. The smallest absolute Gasteiger partial charge is 0.281 e. The summed E-state index contributed by atoms with van der Waals surface area (Å²) in [7, 11) is 8.89. The molecule has 0 aliphatic carbocycles. The number of methoxy groups -OCH3 is 8. The fourth-order valence-electron chi connectivity index (χ4n) is 4.53. The van der Waals surface area contributed by atoms with E-state index in [1.807, 2.05) is 6.07 Å². The molecule has 10 heteroatoms. The topological polar surface area (TPSA) is 90.9 Å². The summed E-state index contributed by atoms with van der Waals surface area (Å²) < 4.78 is 45.8. The predicted octanol–water partition coefficient (Wildman–Crippen LogP) is 3.60. The first-order valence-corrected chi connectivity index (χ1v) is 13.3. The van der Waals surface area contributed by atoms with Crippen molar-refractivity contribution in [2.45, 2.75) is 6.92 Å². The Hall–Kier alpha value is -3.84. The van der Waals surface area contributed by atoms with Crippen LogP contribution in [-0.4, -0.2) is 62.4 Å². The van der Waals surface area contributed by atoms with Crippen LogP contribution in [0.4, 0.5) is 0 Å². The van der Waals surface area contributed by atoms with E-state index >= 15 is 0 Å². The number of hydrogen-bond donors (Lipinski definition) is 0. The number of carbonyl (C=O) groups excluding carboxylic acids is 1. The SMILES string of the molecule is COc1ccc([P+](C(C)=O)(c2c(OC)cc(OC)cc2OC)c2c(OC)cc(OC)cc2OC)c(OC)c1. The second-order valence-electron chi connectivity index (χ2n) is 7.99. The number of rotatable bonds is 12. The second kappa shape index (κ2) is 12.1. The summed E-state index contributed by atoms with van der Waals surface area (Å²) in [4.78, 5) is 14.3. The molecule has 0 bridgehead atoms. The number of benzene rings is 3. The van der Waals surface area contributed by atoms with Crippen molar-refractivity contribution in [3.63, 3.8) is 0 Å². The van der Waals surface area contributed by atoms with Gasteiger partial charge in [-0.3, -0.25) is 4.79 Å². The minimum atomic E-state index is -3.42. The molecule has 38 heavy (non-hydrogen) atoms. The van der Waals surface area contributed by atoms with Gasteiger partial charge in [0.25, 0.3) is 5.52 Å². The maximum absolute atomic E-state index is 14.3. The van der Waals surface area contributed by atoms with E-state index < -0.39 is 7.26 Å². The van der Waals surface area contributed by atoms with E-state index in [1.54, 1.807) is 57.7 Å². The van der Waals surface area contributed by atoms with Crippen LogP contribution >= 0.6 is 7.26 Å². The van der Waals surface area contributed by atoms with Crippen molar-refractivity contribution < 1.29 is 42.7 Å².